The number of methoxy groups -OCH3 is 1. The van der Waals surface area contributed by atoms with Crippen molar-refractivity contribution < 1.29 is 9.53 Å². The Morgan fingerprint density at radius 3 is 2.50 bits per heavy atom. The largest absolute Gasteiger partial charge is 0.496 e. The van der Waals surface area contributed by atoms with Gasteiger partial charge in [-0.05, 0) is 37.1 Å². The van der Waals surface area contributed by atoms with Crippen LogP contribution >= 0.6 is 0 Å². The third kappa shape index (κ3) is 3.85. The maximum absolute atomic E-state index is 12.4. The molecule has 1 fully saturated rings. The Kier molecular flexibility index (Phi) is 5.31. The minimum atomic E-state index is -0.220. The van der Waals surface area contributed by atoms with Gasteiger partial charge in [0.2, 0.25) is 0 Å². The number of hydrogen-bond donors (Lipinski definition) is 1. The highest BCUT2D eigenvalue weighted by Crippen LogP contribution is 2.21. The smallest absolute Gasteiger partial charge is 0.260 e. The number of carbonyl (C=O) groups is 1. The molecule has 1 saturated heterocycles. The van der Waals surface area contributed by atoms with Crippen LogP contribution < -0.4 is 15.0 Å². The number of nitrogens with one attached hydrogen (secondary N) is 1. The molecule has 0 radical (unpaired) electrons. The Balaban J connectivity index is 1.68. The molecule has 0 unspecified atom stereocenters. The summed E-state index contributed by atoms with van der Waals surface area (Å²) in [5.41, 5.74) is 1.62. The number of hydrogen-bond acceptors (Lipinski definition) is 4. The molecule has 1 aliphatic rings. The standard InChI is InChI=1S/C19H23N3O2/c1-24-17-9-5-4-8-16(17)19(23)21-18-11-10-15(14-20-18)22-12-6-2-3-7-13-22/h4-5,8-11,14H,2-3,6-7,12-13H2,1H3,(H,20,21,23). The van der Waals surface area contributed by atoms with E-state index in [1.807, 2.05) is 30.5 Å². The predicted molar refractivity (Wildman–Crippen MR) is 95.9 cm³/mol. The second-order valence-corrected chi connectivity index (χ2v) is 5.96. The molecule has 126 valence electrons. The summed E-state index contributed by atoms with van der Waals surface area (Å²) in [4.78, 5) is 19.1. The van der Waals surface area contributed by atoms with E-state index in [1.54, 1.807) is 19.2 Å². The molecule has 0 aliphatic carbocycles. The number of benzene rings is 1. The highest BCUT2D eigenvalue weighted by Gasteiger charge is 2.13. The van der Waals surface area contributed by atoms with E-state index in [9.17, 15) is 4.79 Å². The van der Waals surface area contributed by atoms with Crippen molar-refractivity contribution in [2.45, 2.75) is 25.7 Å². The summed E-state index contributed by atoms with van der Waals surface area (Å²) >= 11 is 0. The van der Waals surface area contributed by atoms with Gasteiger partial charge in [-0.2, -0.15) is 0 Å². The Labute approximate surface area is 142 Å². The average Bonchev–Trinajstić information content (AvgIpc) is 2.91. The summed E-state index contributed by atoms with van der Waals surface area (Å²) in [7, 11) is 1.56. The van der Waals surface area contributed by atoms with Crippen LogP contribution in [0.15, 0.2) is 42.6 Å². The van der Waals surface area contributed by atoms with Crippen LogP contribution in [0.5, 0.6) is 5.75 Å². The minimum Gasteiger partial charge on any atom is -0.496 e. The molecule has 2 heterocycles. The van der Waals surface area contributed by atoms with E-state index in [-0.39, 0.29) is 5.91 Å². The maximum Gasteiger partial charge on any atom is 0.260 e. The zero-order chi connectivity index (χ0) is 16.8. The normalized spacial score (nSPS) is 14.8. The van der Waals surface area contributed by atoms with Crippen molar-refractivity contribution >= 4 is 17.4 Å². The predicted octanol–water partition coefficient (Wildman–Crippen LogP) is 3.72. The molecular formula is C19H23N3O2. The molecule has 24 heavy (non-hydrogen) atoms. The van der Waals surface area contributed by atoms with E-state index in [2.05, 4.69) is 15.2 Å². The number of ether oxygens (including phenoxy) is 1. The number of pyridine rings is 1. The second-order valence-electron chi connectivity index (χ2n) is 5.96. The number of carbonyl (C=O) groups excluding carboxylic acids is 1. The van der Waals surface area contributed by atoms with Gasteiger partial charge < -0.3 is 15.0 Å². The van der Waals surface area contributed by atoms with Gasteiger partial charge in [0.05, 0.1) is 24.6 Å². The van der Waals surface area contributed by atoms with Crippen LogP contribution in [0, 0.1) is 0 Å². The Morgan fingerprint density at radius 2 is 1.83 bits per heavy atom. The fourth-order valence-corrected chi connectivity index (χ4v) is 2.99. The third-order valence-corrected chi connectivity index (χ3v) is 4.31. The molecule has 1 aromatic carbocycles. The summed E-state index contributed by atoms with van der Waals surface area (Å²) in [5, 5.41) is 2.83. The van der Waals surface area contributed by atoms with E-state index in [0.717, 1.165) is 18.8 Å². The van der Waals surface area contributed by atoms with E-state index in [0.29, 0.717) is 17.1 Å². The zero-order valence-corrected chi connectivity index (χ0v) is 14.0. The number of aromatic nitrogens is 1. The topological polar surface area (TPSA) is 54.5 Å². The van der Waals surface area contributed by atoms with Crippen molar-refractivity contribution in [3.05, 3.63) is 48.2 Å². The Morgan fingerprint density at radius 1 is 1.08 bits per heavy atom. The number of rotatable bonds is 4. The lowest BCUT2D eigenvalue weighted by Gasteiger charge is -2.22. The van der Waals surface area contributed by atoms with Crippen molar-refractivity contribution in [3.63, 3.8) is 0 Å². The lowest BCUT2D eigenvalue weighted by molar-refractivity contribution is 0.102. The first-order valence-electron chi connectivity index (χ1n) is 8.43. The van der Waals surface area contributed by atoms with Gasteiger partial charge in [0.1, 0.15) is 11.6 Å². The molecule has 0 spiro atoms. The van der Waals surface area contributed by atoms with Crippen molar-refractivity contribution in [3.8, 4) is 5.75 Å². The Bertz CT molecular complexity index is 677. The number of amides is 1. The van der Waals surface area contributed by atoms with Gasteiger partial charge in [-0.1, -0.05) is 25.0 Å². The SMILES string of the molecule is COc1ccccc1C(=O)Nc1ccc(N2CCCCCC2)cn1. The highest BCUT2D eigenvalue weighted by atomic mass is 16.5. The summed E-state index contributed by atoms with van der Waals surface area (Å²) in [6, 6.07) is 11.0. The Hall–Kier alpha value is -2.56. The molecule has 1 aromatic heterocycles. The quantitative estimate of drug-likeness (QED) is 0.931. The van der Waals surface area contributed by atoms with E-state index in [4.69, 9.17) is 4.74 Å². The van der Waals surface area contributed by atoms with Gasteiger partial charge in [-0.3, -0.25) is 4.79 Å². The molecule has 0 bridgehead atoms. The summed E-state index contributed by atoms with van der Waals surface area (Å²) in [6.45, 7) is 2.16. The van der Waals surface area contributed by atoms with Gasteiger partial charge in [0.25, 0.3) is 5.91 Å². The van der Waals surface area contributed by atoms with E-state index >= 15 is 0 Å². The summed E-state index contributed by atoms with van der Waals surface area (Å²) in [5.74, 6) is 0.878. The van der Waals surface area contributed by atoms with Gasteiger partial charge in [-0.25, -0.2) is 4.98 Å². The van der Waals surface area contributed by atoms with Crippen molar-refractivity contribution in [1.82, 2.24) is 4.98 Å². The molecule has 1 amide bonds. The fourth-order valence-electron chi connectivity index (χ4n) is 2.99. The summed E-state index contributed by atoms with van der Waals surface area (Å²) in [6.07, 6.45) is 6.90. The van der Waals surface area contributed by atoms with Crippen LogP contribution in [0.1, 0.15) is 36.0 Å². The molecule has 5 nitrogen and oxygen atoms in total. The molecule has 1 N–H and O–H groups in total. The number of nitrogens with zero attached hydrogens (tertiary/aromatic N) is 2. The minimum absolute atomic E-state index is 0.220. The van der Waals surface area contributed by atoms with Crippen LogP contribution in [0.3, 0.4) is 0 Å². The molecule has 5 heteroatoms. The van der Waals surface area contributed by atoms with Crippen molar-refractivity contribution in [1.29, 1.82) is 0 Å². The molecule has 0 atom stereocenters. The first-order chi connectivity index (χ1) is 11.8. The van der Waals surface area contributed by atoms with Gasteiger partial charge in [0.15, 0.2) is 0 Å². The van der Waals surface area contributed by atoms with E-state index in [1.165, 1.54) is 25.7 Å². The molecular weight excluding hydrogens is 302 g/mol. The van der Waals surface area contributed by atoms with Crippen LogP contribution in [-0.2, 0) is 0 Å². The second kappa shape index (κ2) is 7.81. The van der Waals surface area contributed by atoms with Crippen LogP contribution in [0.25, 0.3) is 0 Å². The molecule has 1 aliphatic heterocycles. The van der Waals surface area contributed by atoms with Gasteiger partial charge in [0, 0.05) is 13.1 Å². The monoisotopic (exact) mass is 325 g/mol. The van der Waals surface area contributed by atoms with Crippen molar-refractivity contribution in [2.24, 2.45) is 0 Å². The van der Waals surface area contributed by atoms with Crippen LogP contribution in [0.2, 0.25) is 0 Å². The third-order valence-electron chi connectivity index (χ3n) is 4.31. The summed E-state index contributed by atoms with van der Waals surface area (Å²) < 4.78 is 5.23. The lowest BCUT2D eigenvalue weighted by atomic mass is 10.2. The molecule has 3 rings (SSSR count). The average molecular weight is 325 g/mol. The van der Waals surface area contributed by atoms with Crippen LogP contribution in [-0.4, -0.2) is 31.1 Å². The fraction of sp³-hybridized carbons (Fsp3) is 0.368. The first-order valence-corrected chi connectivity index (χ1v) is 8.43. The molecule has 0 saturated carbocycles. The zero-order valence-electron chi connectivity index (χ0n) is 14.0. The highest BCUT2D eigenvalue weighted by molar-refractivity contribution is 6.05. The maximum atomic E-state index is 12.4. The first kappa shape index (κ1) is 16.3. The van der Waals surface area contributed by atoms with Crippen molar-refractivity contribution in [2.75, 3.05) is 30.4 Å². The number of anilines is 2. The van der Waals surface area contributed by atoms with Crippen LogP contribution in [0.4, 0.5) is 11.5 Å². The number of para-hydroxylation sites is 1. The van der Waals surface area contributed by atoms with Gasteiger partial charge in [-0.15, -0.1) is 0 Å². The molecule has 2 aromatic rings. The lowest BCUT2D eigenvalue weighted by Crippen LogP contribution is -2.24. The van der Waals surface area contributed by atoms with Gasteiger partial charge >= 0.3 is 0 Å². The van der Waals surface area contributed by atoms with E-state index < -0.39 is 0 Å².